The van der Waals surface area contributed by atoms with Crippen LogP contribution in [0, 0.1) is 6.92 Å². The minimum atomic E-state index is 0.806. The van der Waals surface area contributed by atoms with Gasteiger partial charge in [0.1, 0.15) is 5.82 Å². The van der Waals surface area contributed by atoms with Crippen molar-refractivity contribution in [2.75, 3.05) is 12.4 Å². The van der Waals surface area contributed by atoms with Crippen LogP contribution in [0.15, 0.2) is 42.6 Å². The molecule has 2 aromatic rings. The van der Waals surface area contributed by atoms with E-state index in [-0.39, 0.29) is 0 Å². The van der Waals surface area contributed by atoms with Gasteiger partial charge in [-0.1, -0.05) is 30.3 Å². The second-order valence-electron chi connectivity index (χ2n) is 4.38. The van der Waals surface area contributed by atoms with Crippen molar-refractivity contribution < 1.29 is 0 Å². The molecule has 0 amide bonds. The van der Waals surface area contributed by atoms with Gasteiger partial charge in [-0.05, 0) is 36.7 Å². The molecule has 0 aliphatic carbocycles. The molecule has 1 aromatic heterocycles. The zero-order chi connectivity index (χ0) is 12.8. The molecule has 0 aliphatic heterocycles. The average Bonchev–Trinajstić information content (AvgIpc) is 2.39. The van der Waals surface area contributed by atoms with Crippen LogP contribution in [0.4, 0.5) is 5.82 Å². The lowest BCUT2D eigenvalue weighted by atomic mass is 10.2. The molecule has 3 nitrogen and oxygen atoms in total. The van der Waals surface area contributed by atoms with Crippen LogP contribution < -0.4 is 10.6 Å². The first kappa shape index (κ1) is 12.6. The minimum absolute atomic E-state index is 0.806. The molecule has 0 saturated heterocycles. The number of aryl methyl sites for hydroxylation is 1. The molecule has 2 rings (SSSR count). The first-order chi connectivity index (χ1) is 8.79. The van der Waals surface area contributed by atoms with Crippen molar-refractivity contribution in [2.45, 2.75) is 20.0 Å². The molecule has 0 atom stereocenters. The predicted molar refractivity (Wildman–Crippen MR) is 75.5 cm³/mol. The normalized spacial score (nSPS) is 10.3. The third-order valence-corrected chi connectivity index (χ3v) is 2.82. The van der Waals surface area contributed by atoms with Crippen LogP contribution in [-0.4, -0.2) is 12.0 Å². The summed E-state index contributed by atoms with van der Waals surface area (Å²) in [6.07, 6.45) is 1.91. The quantitative estimate of drug-likeness (QED) is 0.845. The number of pyridine rings is 1. The summed E-state index contributed by atoms with van der Waals surface area (Å²) < 4.78 is 0. The molecule has 94 valence electrons. The molecule has 1 heterocycles. The lowest BCUT2D eigenvalue weighted by Crippen LogP contribution is -2.08. The number of nitrogens with one attached hydrogen (secondary N) is 2. The van der Waals surface area contributed by atoms with Crippen molar-refractivity contribution >= 4 is 5.82 Å². The van der Waals surface area contributed by atoms with Crippen LogP contribution in [0.1, 0.15) is 16.7 Å². The van der Waals surface area contributed by atoms with Crippen molar-refractivity contribution in [2.24, 2.45) is 0 Å². The van der Waals surface area contributed by atoms with Gasteiger partial charge in [0, 0.05) is 19.3 Å². The second-order valence-corrected chi connectivity index (χ2v) is 4.38. The van der Waals surface area contributed by atoms with Crippen LogP contribution in [0.3, 0.4) is 0 Å². The van der Waals surface area contributed by atoms with Crippen LogP contribution in [0.2, 0.25) is 0 Å². The third kappa shape index (κ3) is 3.31. The van der Waals surface area contributed by atoms with E-state index in [0.29, 0.717) is 0 Å². The summed E-state index contributed by atoms with van der Waals surface area (Å²) in [6.45, 7) is 3.74. The summed E-state index contributed by atoms with van der Waals surface area (Å²) in [7, 11) is 1.94. The number of hydrogen-bond donors (Lipinski definition) is 2. The van der Waals surface area contributed by atoms with E-state index in [0.717, 1.165) is 18.9 Å². The van der Waals surface area contributed by atoms with Crippen LogP contribution >= 0.6 is 0 Å². The zero-order valence-corrected chi connectivity index (χ0v) is 10.9. The SMILES string of the molecule is CNCc1cnc(NCc2ccccc2)c(C)c1. The minimum Gasteiger partial charge on any atom is -0.366 e. The molecule has 2 N–H and O–H groups in total. The Morgan fingerprint density at radius 1 is 1.06 bits per heavy atom. The van der Waals surface area contributed by atoms with Gasteiger partial charge in [-0.3, -0.25) is 0 Å². The van der Waals surface area contributed by atoms with Crippen molar-refractivity contribution in [1.29, 1.82) is 0 Å². The van der Waals surface area contributed by atoms with Gasteiger partial charge >= 0.3 is 0 Å². The molecule has 0 bridgehead atoms. The van der Waals surface area contributed by atoms with E-state index >= 15 is 0 Å². The van der Waals surface area contributed by atoms with Crippen LogP contribution in [-0.2, 0) is 13.1 Å². The van der Waals surface area contributed by atoms with E-state index in [2.05, 4.69) is 40.7 Å². The Bertz CT molecular complexity index is 494. The van der Waals surface area contributed by atoms with E-state index in [1.54, 1.807) is 0 Å². The summed E-state index contributed by atoms with van der Waals surface area (Å²) in [4.78, 5) is 4.46. The first-order valence-corrected chi connectivity index (χ1v) is 6.17. The number of anilines is 1. The molecule has 18 heavy (non-hydrogen) atoms. The highest BCUT2D eigenvalue weighted by molar-refractivity contribution is 5.45. The highest BCUT2D eigenvalue weighted by Crippen LogP contribution is 2.14. The van der Waals surface area contributed by atoms with Gasteiger partial charge in [-0.25, -0.2) is 4.98 Å². The summed E-state index contributed by atoms with van der Waals surface area (Å²) in [5, 5.41) is 6.50. The second kappa shape index (κ2) is 6.17. The maximum Gasteiger partial charge on any atom is 0.129 e. The fourth-order valence-electron chi connectivity index (χ4n) is 1.90. The van der Waals surface area contributed by atoms with Gasteiger partial charge in [0.25, 0.3) is 0 Å². The molecule has 0 fully saturated rings. The Kier molecular flexibility index (Phi) is 4.31. The topological polar surface area (TPSA) is 37.0 Å². The maximum atomic E-state index is 4.46. The summed E-state index contributed by atoms with van der Waals surface area (Å²) >= 11 is 0. The van der Waals surface area contributed by atoms with E-state index in [1.165, 1.54) is 16.7 Å². The third-order valence-electron chi connectivity index (χ3n) is 2.82. The lowest BCUT2D eigenvalue weighted by Gasteiger charge is -2.10. The number of hydrogen-bond acceptors (Lipinski definition) is 3. The number of benzene rings is 1. The zero-order valence-electron chi connectivity index (χ0n) is 10.9. The molecule has 0 unspecified atom stereocenters. The molecule has 0 aliphatic rings. The largest absolute Gasteiger partial charge is 0.366 e. The molecule has 1 aromatic carbocycles. The number of rotatable bonds is 5. The van der Waals surface area contributed by atoms with Gasteiger partial charge in [0.15, 0.2) is 0 Å². The highest BCUT2D eigenvalue weighted by Gasteiger charge is 2.01. The molecule has 0 spiro atoms. The van der Waals surface area contributed by atoms with Crippen molar-refractivity contribution in [1.82, 2.24) is 10.3 Å². The predicted octanol–water partition coefficient (Wildman–Crippen LogP) is 2.72. The Morgan fingerprint density at radius 3 is 2.50 bits per heavy atom. The summed E-state index contributed by atoms with van der Waals surface area (Å²) in [6, 6.07) is 12.5. The monoisotopic (exact) mass is 241 g/mol. The van der Waals surface area contributed by atoms with Gasteiger partial charge in [0.2, 0.25) is 0 Å². The molecule has 0 radical (unpaired) electrons. The fraction of sp³-hybridized carbons (Fsp3) is 0.267. The smallest absolute Gasteiger partial charge is 0.129 e. The average molecular weight is 241 g/mol. The van der Waals surface area contributed by atoms with Gasteiger partial charge in [-0.15, -0.1) is 0 Å². The van der Waals surface area contributed by atoms with Crippen molar-refractivity contribution in [3.05, 3.63) is 59.3 Å². The lowest BCUT2D eigenvalue weighted by molar-refractivity contribution is 0.812. The molecular weight excluding hydrogens is 222 g/mol. The van der Waals surface area contributed by atoms with E-state index in [1.807, 2.05) is 31.4 Å². The summed E-state index contributed by atoms with van der Waals surface area (Å²) in [5.74, 6) is 0.957. The van der Waals surface area contributed by atoms with E-state index in [9.17, 15) is 0 Å². The molecule has 0 saturated carbocycles. The summed E-state index contributed by atoms with van der Waals surface area (Å²) in [5.41, 5.74) is 3.65. The Labute approximate surface area is 108 Å². The van der Waals surface area contributed by atoms with E-state index in [4.69, 9.17) is 0 Å². The van der Waals surface area contributed by atoms with E-state index < -0.39 is 0 Å². The Hall–Kier alpha value is -1.87. The fourth-order valence-corrected chi connectivity index (χ4v) is 1.90. The van der Waals surface area contributed by atoms with Crippen LogP contribution in [0.5, 0.6) is 0 Å². The first-order valence-electron chi connectivity index (χ1n) is 6.17. The van der Waals surface area contributed by atoms with Crippen LogP contribution in [0.25, 0.3) is 0 Å². The maximum absolute atomic E-state index is 4.46. The Balaban J connectivity index is 2.01. The molecular formula is C15H19N3. The highest BCUT2D eigenvalue weighted by atomic mass is 15.0. The number of aromatic nitrogens is 1. The number of nitrogens with zero attached hydrogens (tertiary/aromatic N) is 1. The van der Waals surface area contributed by atoms with Crippen molar-refractivity contribution in [3.8, 4) is 0 Å². The van der Waals surface area contributed by atoms with Crippen molar-refractivity contribution in [3.63, 3.8) is 0 Å². The molecule has 3 heteroatoms. The Morgan fingerprint density at radius 2 is 1.83 bits per heavy atom. The van der Waals surface area contributed by atoms with Gasteiger partial charge < -0.3 is 10.6 Å². The van der Waals surface area contributed by atoms with Gasteiger partial charge in [0.05, 0.1) is 0 Å². The standard InChI is InChI=1S/C15H19N3/c1-12-8-14(9-16-2)11-18-15(12)17-10-13-6-4-3-5-7-13/h3-8,11,16H,9-10H2,1-2H3,(H,17,18). The van der Waals surface area contributed by atoms with Gasteiger partial charge in [-0.2, -0.15) is 0 Å².